The molecule has 0 unspecified atom stereocenters. The van der Waals surface area contributed by atoms with Crippen LogP contribution in [0.1, 0.15) is 22.1 Å². The van der Waals surface area contributed by atoms with Gasteiger partial charge in [0.25, 0.3) is 0 Å². The summed E-state index contributed by atoms with van der Waals surface area (Å²) >= 11 is 4.36. The lowest BCUT2D eigenvalue weighted by Gasteiger charge is -2.48. The average Bonchev–Trinajstić information content (AvgIpc) is 3.28. The molecule has 13 heteroatoms. The number of nitrogens with two attached hydrogens (primary N) is 1. The number of ether oxygens (including phenoxy) is 1. The zero-order valence-corrected chi connectivity index (χ0v) is 19.6. The van der Waals surface area contributed by atoms with Gasteiger partial charge in [0.1, 0.15) is 17.1 Å². The number of amides is 1. The van der Waals surface area contributed by atoms with E-state index >= 15 is 0 Å². The molecule has 0 aliphatic carbocycles. The van der Waals surface area contributed by atoms with Crippen LogP contribution in [0.2, 0.25) is 0 Å². The first kappa shape index (κ1) is 23.7. The standard InChI is InChI=1S/C18H17N3O6S3.ClH/c1-8-11(30-7-20-8)3-4-28-12-6-29-16-13(19)15(22)21(16)14(12)17(23)25-5-10-9(2)26-18(24)27-10;/h3-4,7,13,16H,5-6,19H2,1-2H3;1H/b4-3-;/t13-,16-;/m1./s1. The molecule has 9 nitrogen and oxygen atoms in total. The fourth-order valence-electron chi connectivity index (χ4n) is 2.92. The van der Waals surface area contributed by atoms with E-state index in [0.717, 1.165) is 10.6 Å². The molecule has 4 rings (SSSR count). The van der Waals surface area contributed by atoms with Crippen molar-refractivity contribution in [2.75, 3.05) is 5.75 Å². The van der Waals surface area contributed by atoms with E-state index in [9.17, 15) is 14.4 Å². The van der Waals surface area contributed by atoms with Crippen LogP contribution in [0.4, 0.5) is 0 Å². The lowest BCUT2D eigenvalue weighted by molar-refractivity contribution is -0.151. The number of halogens is 1. The molecule has 166 valence electrons. The van der Waals surface area contributed by atoms with Crippen LogP contribution in [0.15, 0.2) is 35.1 Å². The van der Waals surface area contributed by atoms with E-state index in [2.05, 4.69) is 4.98 Å². The van der Waals surface area contributed by atoms with Crippen molar-refractivity contribution in [3.8, 4) is 0 Å². The summed E-state index contributed by atoms with van der Waals surface area (Å²) in [6.45, 7) is 3.17. The van der Waals surface area contributed by atoms with E-state index in [-0.39, 0.29) is 47.5 Å². The number of aromatic nitrogens is 1. The van der Waals surface area contributed by atoms with Gasteiger partial charge < -0.3 is 19.3 Å². The van der Waals surface area contributed by atoms with Gasteiger partial charge in [-0.25, -0.2) is 14.6 Å². The van der Waals surface area contributed by atoms with Crippen molar-refractivity contribution in [2.45, 2.75) is 31.9 Å². The molecule has 31 heavy (non-hydrogen) atoms. The molecule has 2 N–H and O–H groups in total. The lowest BCUT2D eigenvalue weighted by Crippen LogP contribution is -2.68. The minimum atomic E-state index is -0.865. The van der Waals surface area contributed by atoms with Crippen molar-refractivity contribution in [3.63, 3.8) is 0 Å². The van der Waals surface area contributed by atoms with E-state index < -0.39 is 17.8 Å². The topological polar surface area (TPSA) is 129 Å². The van der Waals surface area contributed by atoms with Gasteiger partial charge in [-0.1, -0.05) is 11.8 Å². The van der Waals surface area contributed by atoms with Crippen molar-refractivity contribution >= 4 is 65.2 Å². The van der Waals surface area contributed by atoms with Crippen molar-refractivity contribution in [3.05, 3.63) is 54.2 Å². The van der Waals surface area contributed by atoms with Crippen LogP contribution in [0.3, 0.4) is 0 Å². The molecule has 2 atom stereocenters. The van der Waals surface area contributed by atoms with Gasteiger partial charge in [-0.2, -0.15) is 0 Å². The van der Waals surface area contributed by atoms with Crippen LogP contribution in [0.5, 0.6) is 0 Å². The second-order valence-corrected chi connectivity index (χ2v) is 9.43. The Morgan fingerprint density at radius 3 is 2.84 bits per heavy atom. The number of fused-ring (bicyclic) bond motifs is 1. The molecule has 0 radical (unpaired) electrons. The van der Waals surface area contributed by atoms with Gasteiger partial charge in [-0.05, 0) is 25.3 Å². The average molecular weight is 504 g/mol. The number of esters is 1. The number of rotatable bonds is 6. The molecule has 2 aliphatic heterocycles. The summed E-state index contributed by atoms with van der Waals surface area (Å²) in [6, 6.07) is -0.645. The Labute approximate surface area is 195 Å². The van der Waals surface area contributed by atoms with Gasteiger partial charge in [0.2, 0.25) is 5.91 Å². The number of thioether (sulfide) groups is 2. The SMILES string of the molecule is Cc1ncsc1/C=C\SC1=C(C(=O)OCc2oc(=O)oc2C)N2C(=O)[C@@H](N)[C@H]2SC1.Cl. The van der Waals surface area contributed by atoms with E-state index in [0.29, 0.717) is 10.7 Å². The Morgan fingerprint density at radius 1 is 1.42 bits per heavy atom. The summed E-state index contributed by atoms with van der Waals surface area (Å²) in [5.74, 6) is -1.01. The first-order valence-electron chi connectivity index (χ1n) is 8.80. The van der Waals surface area contributed by atoms with Gasteiger partial charge in [-0.3, -0.25) is 9.69 Å². The normalized spacial score (nSPS) is 20.5. The minimum absolute atomic E-state index is 0. The molecule has 2 aromatic heterocycles. The first-order chi connectivity index (χ1) is 14.4. The van der Waals surface area contributed by atoms with Gasteiger partial charge >= 0.3 is 11.8 Å². The number of β-lactam (4-membered cyclic amide) rings is 1. The second-order valence-electron chi connectivity index (χ2n) is 6.44. The fourth-order valence-corrected chi connectivity index (χ4v) is 5.98. The Morgan fingerprint density at radius 2 is 2.19 bits per heavy atom. The van der Waals surface area contributed by atoms with E-state index in [4.69, 9.17) is 19.3 Å². The lowest BCUT2D eigenvalue weighted by atomic mass is 10.1. The maximum absolute atomic E-state index is 12.9. The largest absolute Gasteiger partial charge is 0.519 e. The van der Waals surface area contributed by atoms with E-state index in [1.165, 1.54) is 46.7 Å². The van der Waals surface area contributed by atoms with Crippen molar-refractivity contribution < 1.29 is 23.2 Å². The number of hydrogen-bond donors (Lipinski definition) is 1. The third-order valence-corrected chi connectivity index (χ3v) is 7.82. The fraction of sp³-hybridized carbons (Fsp3) is 0.333. The predicted molar refractivity (Wildman–Crippen MR) is 121 cm³/mol. The molecule has 1 fully saturated rings. The summed E-state index contributed by atoms with van der Waals surface area (Å²) in [5, 5.41) is 1.55. The maximum atomic E-state index is 12.9. The number of carbonyl (C=O) groups excluding carboxylic acids is 2. The van der Waals surface area contributed by atoms with Gasteiger partial charge in [-0.15, -0.1) is 35.5 Å². The molecule has 2 aliphatic rings. The Kier molecular flexibility index (Phi) is 7.37. The minimum Gasteiger partial charge on any atom is -0.453 e. The summed E-state index contributed by atoms with van der Waals surface area (Å²) < 4.78 is 14.9. The first-order valence-corrected chi connectivity index (χ1v) is 11.6. The van der Waals surface area contributed by atoms with E-state index in [1.54, 1.807) is 5.51 Å². The number of nitrogens with zero attached hydrogens (tertiary/aromatic N) is 2. The van der Waals surface area contributed by atoms with Gasteiger partial charge in [0.05, 0.1) is 16.1 Å². The molecule has 4 heterocycles. The highest BCUT2D eigenvalue weighted by atomic mass is 35.5. The number of carbonyl (C=O) groups is 2. The summed E-state index contributed by atoms with van der Waals surface area (Å²) in [5.41, 5.74) is 8.73. The van der Waals surface area contributed by atoms with Crippen LogP contribution < -0.4 is 11.6 Å². The molecule has 1 saturated heterocycles. The highest BCUT2D eigenvalue weighted by Crippen LogP contribution is 2.43. The van der Waals surface area contributed by atoms with Crippen LogP contribution >= 0.6 is 47.3 Å². The zero-order valence-electron chi connectivity index (χ0n) is 16.4. The third kappa shape index (κ3) is 4.62. The highest BCUT2D eigenvalue weighted by Gasteiger charge is 2.52. The van der Waals surface area contributed by atoms with Crippen molar-refractivity contribution in [1.29, 1.82) is 0 Å². The van der Waals surface area contributed by atoms with Crippen LogP contribution in [0.25, 0.3) is 6.08 Å². The van der Waals surface area contributed by atoms with Crippen LogP contribution in [-0.4, -0.2) is 38.9 Å². The number of hydrogen-bond acceptors (Lipinski definition) is 11. The molecule has 2 aromatic rings. The van der Waals surface area contributed by atoms with E-state index in [1.807, 2.05) is 18.4 Å². The summed E-state index contributed by atoms with van der Waals surface area (Å²) in [4.78, 5) is 43.6. The molecular weight excluding hydrogens is 486 g/mol. The molecule has 0 saturated carbocycles. The maximum Gasteiger partial charge on any atom is 0.519 e. The Bertz CT molecular complexity index is 1120. The Hall–Kier alpha value is -1.99. The molecule has 0 bridgehead atoms. The third-order valence-electron chi connectivity index (χ3n) is 4.55. The van der Waals surface area contributed by atoms with Gasteiger partial charge in [0.15, 0.2) is 18.1 Å². The molecule has 0 spiro atoms. The van der Waals surface area contributed by atoms with Gasteiger partial charge in [0, 0.05) is 10.7 Å². The monoisotopic (exact) mass is 503 g/mol. The molecular formula is C18H18ClN3O6S3. The molecule has 0 aromatic carbocycles. The summed E-state index contributed by atoms with van der Waals surface area (Å²) in [7, 11) is 0. The highest BCUT2D eigenvalue weighted by molar-refractivity contribution is 8.08. The summed E-state index contributed by atoms with van der Waals surface area (Å²) in [6.07, 6.45) is 1.91. The van der Waals surface area contributed by atoms with Crippen LogP contribution in [-0.2, 0) is 20.9 Å². The quantitative estimate of drug-likeness (QED) is 0.463. The van der Waals surface area contributed by atoms with Crippen LogP contribution in [0, 0.1) is 13.8 Å². The smallest absolute Gasteiger partial charge is 0.453 e. The number of aryl methyl sites for hydroxylation is 2. The van der Waals surface area contributed by atoms with Crippen molar-refractivity contribution in [1.82, 2.24) is 9.88 Å². The Balaban J connectivity index is 0.00000272. The molecule has 1 amide bonds. The second kappa shape index (κ2) is 9.65. The van der Waals surface area contributed by atoms with Crippen molar-refractivity contribution in [2.24, 2.45) is 5.73 Å². The number of thiazole rings is 1. The zero-order chi connectivity index (χ0) is 21.4. The predicted octanol–water partition coefficient (Wildman–Crippen LogP) is 2.63.